The summed E-state index contributed by atoms with van der Waals surface area (Å²) in [7, 11) is -3.57. The van der Waals surface area contributed by atoms with E-state index < -0.39 is 10.0 Å². The number of nitrogens with one attached hydrogen (secondary N) is 1. The molecule has 1 saturated carbocycles. The molecular formula is C13H20N2O2S. The van der Waals surface area contributed by atoms with E-state index in [2.05, 4.69) is 12.2 Å². The lowest BCUT2D eigenvalue weighted by molar-refractivity contribution is 0.243. The maximum Gasteiger partial charge on any atom is 0.238 e. The molecule has 2 rings (SSSR count). The van der Waals surface area contributed by atoms with Crippen molar-refractivity contribution in [3.63, 3.8) is 0 Å². The minimum absolute atomic E-state index is 0.173. The summed E-state index contributed by atoms with van der Waals surface area (Å²) in [6.45, 7) is 3.20. The van der Waals surface area contributed by atoms with Gasteiger partial charge in [-0.05, 0) is 49.4 Å². The van der Waals surface area contributed by atoms with Crippen LogP contribution in [0, 0.1) is 5.92 Å². The van der Waals surface area contributed by atoms with Crippen LogP contribution < -0.4 is 10.5 Å². The summed E-state index contributed by atoms with van der Waals surface area (Å²) in [6, 6.07) is 7.45. The molecule has 3 N–H and O–H groups in total. The fourth-order valence-electron chi connectivity index (χ4n) is 2.34. The van der Waals surface area contributed by atoms with Gasteiger partial charge in [0.1, 0.15) is 0 Å². The average Bonchev–Trinajstić information content (AvgIpc) is 2.26. The number of primary sulfonamides is 1. The lowest BCUT2D eigenvalue weighted by atomic mass is 9.82. The molecule has 0 bridgehead atoms. The van der Waals surface area contributed by atoms with Gasteiger partial charge in [-0.2, -0.15) is 0 Å². The van der Waals surface area contributed by atoms with Gasteiger partial charge >= 0.3 is 0 Å². The summed E-state index contributed by atoms with van der Waals surface area (Å²) in [6.07, 6.45) is 3.45. The summed E-state index contributed by atoms with van der Waals surface area (Å²) in [5.74, 6) is 0.858. The van der Waals surface area contributed by atoms with Crippen LogP contribution in [-0.2, 0) is 16.4 Å². The molecule has 100 valence electrons. The number of rotatable bonds is 5. The highest BCUT2D eigenvalue weighted by atomic mass is 32.2. The molecule has 0 aliphatic heterocycles. The Balaban J connectivity index is 1.80. The molecule has 1 aliphatic carbocycles. The van der Waals surface area contributed by atoms with Crippen LogP contribution in [0.15, 0.2) is 29.2 Å². The monoisotopic (exact) mass is 268 g/mol. The van der Waals surface area contributed by atoms with E-state index in [9.17, 15) is 8.42 Å². The first kappa shape index (κ1) is 13.5. The molecule has 0 heterocycles. The lowest BCUT2D eigenvalue weighted by Crippen LogP contribution is -2.40. The molecule has 0 saturated heterocycles. The van der Waals surface area contributed by atoms with E-state index in [0.717, 1.165) is 24.4 Å². The summed E-state index contributed by atoms with van der Waals surface area (Å²) >= 11 is 0. The summed E-state index contributed by atoms with van der Waals surface area (Å²) in [5.41, 5.74) is 1.13. The number of benzene rings is 1. The Morgan fingerprint density at radius 3 is 2.39 bits per heavy atom. The van der Waals surface area contributed by atoms with Gasteiger partial charge in [0.05, 0.1) is 4.90 Å². The van der Waals surface area contributed by atoms with E-state index in [1.165, 1.54) is 12.8 Å². The molecule has 0 radical (unpaired) electrons. The normalized spacial score (nSPS) is 23.7. The molecule has 1 aliphatic rings. The highest BCUT2D eigenvalue weighted by Gasteiger charge is 2.24. The third-order valence-corrected chi connectivity index (χ3v) is 4.40. The zero-order valence-corrected chi connectivity index (χ0v) is 11.4. The van der Waals surface area contributed by atoms with E-state index in [0.29, 0.717) is 6.04 Å². The molecule has 1 aromatic rings. The first-order chi connectivity index (χ1) is 8.45. The van der Waals surface area contributed by atoms with Gasteiger partial charge < -0.3 is 5.32 Å². The summed E-state index contributed by atoms with van der Waals surface area (Å²) < 4.78 is 22.2. The van der Waals surface area contributed by atoms with E-state index in [1.54, 1.807) is 12.1 Å². The Morgan fingerprint density at radius 1 is 1.28 bits per heavy atom. The van der Waals surface area contributed by atoms with Crippen molar-refractivity contribution in [2.75, 3.05) is 6.54 Å². The van der Waals surface area contributed by atoms with E-state index in [-0.39, 0.29) is 4.90 Å². The molecule has 18 heavy (non-hydrogen) atoms. The van der Waals surface area contributed by atoms with Crippen LogP contribution in [0.2, 0.25) is 0 Å². The number of hydrogen-bond acceptors (Lipinski definition) is 3. The van der Waals surface area contributed by atoms with Crippen LogP contribution in [-0.4, -0.2) is 21.0 Å². The molecule has 0 aromatic heterocycles. The standard InChI is InChI=1S/C13H20N2O2S/c1-10-8-12(9-10)15-7-6-11-2-4-13(5-3-11)18(14,16)17/h2-5,10,12,15H,6-9H2,1H3,(H2,14,16,17). The van der Waals surface area contributed by atoms with Gasteiger partial charge in [-0.25, -0.2) is 13.6 Å². The first-order valence-corrected chi connectivity index (χ1v) is 7.85. The Hall–Kier alpha value is -0.910. The Labute approximate surface area is 109 Å². The second kappa shape index (κ2) is 5.38. The molecule has 4 nitrogen and oxygen atoms in total. The van der Waals surface area contributed by atoms with Crippen molar-refractivity contribution in [2.45, 2.75) is 37.1 Å². The fourth-order valence-corrected chi connectivity index (χ4v) is 2.85. The van der Waals surface area contributed by atoms with E-state index >= 15 is 0 Å². The summed E-state index contributed by atoms with van der Waals surface area (Å²) in [4.78, 5) is 0.173. The van der Waals surface area contributed by atoms with E-state index in [4.69, 9.17) is 5.14 Å². The lowest BCUT2D eigenvalue weighted by Gasteiger charge is -2.33. The highest BCUT2D eigenvalue weighted by molar-refractivity contribution is 7.89. The van der Waals surface area contributed by atoms with Crippen LogP contribution in [0.25, 0.3) is 0 Å². The maximum absolute atomic E-state index is 11.1. The van der Waals surface area contributed by atoms with Gasteiger partial charge in [-0.3, -0.25) is 0 Å². The van der Waals surface area contributed by atoms with Gasteiger partial charge in [0, 0.05) is 6.04 Å². The van der Waals surface area contributed by atoms with Gasteiger partial charge in [-0.1, -0.05) is 19.1 Å². The zero-order chi connectivity index (χ0) is 13.2. The second-order valence-corrected chi connectivity index (χ2v) is 6.73. The Bertz CT molecular complexity index is 490. The predicted molar refractivity (Wildman–Crippen MR) is 71.7 cm³/mol. The van der Waals surface area contributed by atoms with Gasteiger partial charge in [-0.15, -0.1) is 0 Å². The largest absolute Gasteiger partial charge is 0.314 e. The molecule has 0 atom stereocenters. The first-order valence-electron chi connectivity index (χ1n) is 6.30. The average molecular weight is 268 g/mol. The van der Waals surface area contributed by atoms with Crippen molar-refractivity contribution in [2.24, 2.45) is 11.1 Å². The number of nitrogens with two attached hydrogens (primary N) is 1. The van der Waals surface area contributed by atoms with Crippen LogP contribution in [0.3, 0.4) is 0 Å². The Morgan fingerprint density at radius 2 is 1.89 bits per heavy atom. The van der Waals surface area contributed by atoms with Crippen LogP contribution in [0.4, 0.5) is 0 Å². The maximum atomic E-state index is 11.1. The fraction of sp³-hybridized carbons (Fsp3) is 0.538. The van der Waals surface area contributed by atoms with E-state index in [1.807, 2.05) is 12.1 Å². The quantitative estimate of drug-likeness (QED) is 0.844. The number of hydrogen-bond donors (Lipinski definition) is 2. The van der Waals surface area contributed by atoms with Gasteiger partial charge in [0.25, 0.3) is 0 Å². The highest BCUT2D eigenvalue weighted by Crippen LogP contribution is 2.26. The molecule has 1 aromatic carbocycles. The van der Waals surface area contributed by atoms with Crippen molar-refractivity contribution in [3.8, 4) is 0 Å². The van der Waals surface area contributed by atoms with Crippen molar-refractivity contribution in [1.29, 1.82) is 0 Å². The third-order valence-electron chi connectivity index (χ3n) is 3.47. The van der Waals surface area contributed by atoms with Gasteiger partial charge in [0.15, 0.2) is 0 Å². The predicted octanol–water partition coefficient (Wildman–Crippen LogP) is 1.26. The zero-order valence-electron chi connectivity index (χ0n) is 10.6. The molecule has 5 heteroatoms. The Kier molecular flexibility index (Phi) is 4.04. The summed E-state index contributed by atoms with van der Waals surface area (Å²) in [5, 5.41) is 8.55. The molecule has 1 fully saturated rings. The minimum atomic E-state index is -3.57. The molecule has 0 amide bonds. The minimum Gasteiger partial charge on any atom is -0.314 e. The topological polar surface area (TPSA) is 72.2 Å². The van der Waals surface area contributed by atoms with Crippen LogP contribution >= 0.6 is 0 Å². The van der Waals surface area contributed by atoms with Crippen molar-refractivity contribution in [3.05, 3.63) is 29.8 Å². The van der Waals surface area contributed by atoms with Crippen molar-refractivity contribution >= 4 is 10.0 Å². The van der Waals surface area contributed by atoms with Crippen LogP contribution in [0.1, 0.15) is 25.3 Å². The second-order valence-electron chi connectivity index (χ2n) is 5.17. The molecule has 0 spiro atoms. The number of sulfonamides is 1. The SMILES string of the molecule is CC1CC(NCCc2ccc(S(N)(=O)=O)cc2)C1. The molecular weight excluding hydrogens is 248 g/mol. The van der Waals surface area contributed by atoms with Crippen LogP contribution in [0.5, 0.6) is 0 Å². The van der Waals surface area contributed by atoms with Gasteiger partial charge in [0.2, 0.25) is 10.0 Å². The molecule has 0 unspecified atom stereocenters. The van der Waals surface area contributed by atoms with Crippen molar-refractivity contribution < 1.29 is 8.42 Å². The third kappa shape index (κ3) is 3.54. The van der Waals surface area contributed by atoms with Crippen molar-refractivity contribution in [1.82, 2.24) is 5.32 Å². The smallest absolute Gasteiger partial charge is 0.238 e.